The van der Waals surface area contributed by atoms with Crippen LogP contribution in [0, 0.1) is 0 Å². The van der Waals surface area contributed by atoms with Crippen molar-refractivity contribution in [2.45, 2.75) is 31.2 Å². The lowest BCUT2D eigenvalue weighted by molar-refractivity contribution is 0.579. The van der Waals surface area contributed by atoms with Crippen molar-refractivity contribution in [3.05, 3.63) is 42.0 Å². The fourth-order valence-electron chi connectivity index (χ4n) is 1.59. The minimum atomic E-state index is -3.52. The zero-order valence-corrected chi connectivity index (χ0v) is 11.6. The van der Waals surface area contributed by atoms with Gasteiger partial charge in [0.15, 0.2) is 0 Å². The summed E-state index contributed by atoms with van der Waals surface area (Å²) in [6, 6.07) is 6.87. The molecule has 7 heteroatoms. The van der Waals surface area contributed by atoms with Gasteiger partial charge in [-0.05, 0) is 23.6 Å². The Kier molecular flexibility index (Phi) is 3.96. The molecule has 0 unspecified atom stereocenters. The standard InChI is InChI=1S/C12H16N4O2S/c1-9(2)10-3-5-11(6-4-10)19(17,18)15-7-12-13-8-14-16-12/h3-6,8-9,15H,7H2,1-2H3,(H,13,14,16). The van der Waals surface area contributed by atoms with Crippen molar-refractivity contribution in [2.75, 3.05) is 0 Å². The third-order valence-corrected chi connectivity index (χ3v) is 4.17. The first-order valence-electron chi connectivity index (χ1n) is 5.93. The molecule has 0 saturated carbocycles. The summed E-state index contributed by atoms with van der Waals surface area (Å²) in [4.78, 5) is 4.10. The van der Waals surface area contributed by atoms with E-state index in [4.69, 9.17) is 0 Å². The molecular weight excluding hydrogens is 264 g/mol. The average molecular weight is 280 g/mol. The van der Waals surface area contributed by atoms with E-state index in [-0.39, 0.29) is 11.4 Å². The van der Waals surface area contributed by atoms with Gasteiger partial charge in [0, 0.05) is 0 Å². The molecule has 2 aromatic rings. The molecular formula is C12H16N4O2S. The summed E-state index contributed by atoms with van der Waals surface area (Å²) in [5.74, 6) is 0.848. The second-order valence-corrected chi connectivity index (χ2v) is 6.25. The molecule has 2 rings (SSSR count). The molecule has 0 bridgehead atoms. The maximum atomic E-state index is 12.0. The predicted octanol–water partition coefficient (Wildman–Crippen LogP) is 1.41. The van der Waals surface area contributed by atoms with Crippen LogP contribution in [0.15, 0.2) is 35.5 Å². The van der Waals surface area contributed by atoms with Crippen LogP contribution in [0.2, 0.25) is 0 Å². The number of aromatic amines is 1. The smallest absolute Gasteiger partial charge is 0.240 e. The van der Waals surface area contributed by atoms with Crippen LogP contribution in [-0.4, -0.2) is 23.6 Å². The number of sulfonamides is 1. The van der Waals surface area contributed by atoms with Gasteiger partial charge in [0.1, 0.15) is 12.2 Å². The van der Waals surface area contributed by atoms with Crippen LogP contribution in [0.5, 0.6) is 0 Å². The number of hydrogen-bond acceptors (Lipinski definition) is 4. The molecule has 1 heterocycles. The van der Waals surface area contributed by atoms with E-state index >= 15 is 0 Å². The Bertz CT molecular complexity index is 618. The number of aromatic nitrogens is 3. The van der Waals surface area contributed by atoms with Crippen LogP contribution in [0.1, 0.15) is 31.2 Å². The molecule has 1 aromatic carbocycles. The van der Waals surface area contributed by atoms with Crippen LogP contribution in [0.3, 0.4) is 0 Å². The monoisotopic (exact) mass is 280 g/mol. The molecule has 2 N–H and O–H groups in total. The fourth-order valence-corrected chi connectivity index (χ4v) is 2.58. The van der Waals surface area contributed by atoms with Crippen molar-refractivity contribution in [3.8, 4) is 0 Å². The maximum absolute atomic E-state index is 12.0. The molecule has 19 heavy (non-hydrogen) atoms. The van der Waals surface area contributed by atoms with Crippen LogP contribution in [-0.2, 0) is 16.6 Å². The lowest BCUT2D eigenvalue weighted by Crippen LogP contribution is -2.23. The van der Waals surface area contributed by atoms with Gasteiger partial charge in [-0.3, -0.25) is 5.10 Å². The molecule has 0 saturated heterocycles. The molecule has 6 nitrogen and oxygen atoms in total. The van der Waals surface area contributed by atoms with E-state index < -0.39 is 10.0 Å². The highest BCUT2D eigenvalue weighted by Gasteiger charge is 2.14. The first-order chi connectivity index (χ1) is 8.99. The molecule has 1 aromatic heterocycles. The summed E-state index contributed by atoms with van der Waals surface area (Å²) in [6.45, 7) is 4.21. The minimum Gasteiger partial charge on any atom is -0.262 e. The van der Waals surface area contributed by atoms with Crippen LogP contribution < -0.4 is 4.72 Å². The van der Waals surface area contributed by atoms with Gasteiger partial charge < -0.3 is 0 Å². The molecule has 0 radical (unpaired) electrons. The van der Waals surface area contributed by atoms with Gasteiger partial charge in [-0.15, -0.1) is 0 Å². The van der Waals surface area contributed by atoms with Gasteiger partial charge in [0.25, 0.3) is 0 Å². The fraction of sp³-hybridized carbons (Fsp3) is 0.333. The first-order valence-corrected chi connectivity index (χ1v) is 7.41. The van der Waals surface area contributed by atoms with Crippen molar-refractivity contribution in [3.63, 3.8) is 0 Å². The summed E-state index contributed by atoms with van der Waals surface area (Å²) in [5.41, 5.74) is 1.11. The van der Waals surface area contributed by atoms with E-state index in [0.717, 1.165) is 5.56 Å². The Hall–Kier alpha value is -1.73. The zero-order valence-electron chi connectivity index (χ0n) is 10.8. The molecule has 0 atom stereocenters. The van der Waals surface area contributed by atoms with Gasteiger partial charge in [-0.25, -0.2) is 18.1 Å². The second-order valence-electron chi connectivity index (χ2n) is 4.48. The Morgan fingerprint density at radius 1 is 1.26 bits per heavy atom. The number of H-pyrrole nitrogens is 1. The van der Waals surface area contributed by atoms with Crippen molar-refractivity contribution in [2.24, 2.45) is 0 Å². The van der Waals surface area contributed by atoms with Crippen LogP contribution in [0.25, 0.3) is 0 Å². The SMILES string of the molecule is CC(C)c1ccc(S(=O)(=O)NCc2ncn[nH]2)cc1. The third kappa shape index (κ3) is 3.39. The Morgan fingerprint density at radius 3 is 2.47 bits per heavy atom. The molecule has 0 aliphatic rings. The molecule has 0 aliphatic heterocycles. The number of benzene rings is 1. The number of nitrogens with one attached hydrogen (secondary N) is 2. The van der Waals surface area contributed by atoms with E-state index in [9.17, 15) is 8.42 Å². The normalized spacial score (nSPS) is 11.9. The minimum absolute atomic E-state index is 0.0915. The van der Waals surface area contributed by atoms with Gasteiger partial charge in [0.2, 0.25) is 10.0 Å². The molecule has 102 valence electrons. The van der Waals surface area contributed by atoms with Crippen molar-refractivity contribution in [1.29, 1.82) is 0 Å². The predicted molar refractivity (Wildman–Crippen MR) is 70.9 cm³/mol. The lowest BCUT2D eigenvalue weighted by Gasteiger charge is -2.08. The number of hydrogen-bond donors (Lipinski definition) is 2. The average Bonchev–Trinajstić information content (AvgIpc) is 2.90. The molecule has 0 spiro atoms. The van der Waals surface area contributed by atoms with Gasteiger partial charge in [0.05, 0.1) is 11.4 Å². The summed E-state index contributed by atoms with van der Waals surface area (Å²) >= 11 is 0. The zero-order chi connectivity index (χ0) is 13.9. The Labute approximate surface area is 112 Å². The van der Waals surface area contributed by atoms with Crippen LogP contribution in [0.4, 0.5) is 0 Å². The van der Waals surface area contributed by atoms with Gasteiger partial charge >= 0.3 is 0 Å². The highest BCUT2D eigenvalue weighted by molar-refractivity contribution is 7.89. The lowest BCUT2D eigenvalue weighted by atomic mass is 10.0. The first kappa shape index (κ1) is 13.7. The van der Waals surface area contributed by atoms with E-state index in [1.807, 2.05) is 12.1 Å². The van der Waals surface area contributed by atoms with Gasteiger partial charge in [-0.1, -0.05) is 26.0 Å². The topological polar surface area (TPSA) is 87.7 Å². The van der Waals surface area contributed by atoms with Crippen molar-refractivity contribution < 1.29 is 8.42 Å². The van der Waals surface area contributed by atoms with E-state index in [1.165, 1.54) is 6.33 Å². The Morgan fingerprint density at radius 2 is 1.95 bits per heavy atom. The highest BCUT2D eigenvalue weighted by Crippen LogP contribution is 2.17. The quantitative estimate of drug-likeness (QED) is 0.866. The van der Waals surface area contributed by atoms with Crippen LogP contribution >= 0.6 is 0 Å². The van der Waals surface area contributed by atoms with Crippen molar-refractivity contribution in [1.82, 2.24) is 19.9 Å². The van der Waals surface area contributed by atoms with Crippen molar-refractivity contribution >= 4 is 10.0 Å². The summed E-state index contributed by atoms with van der Waals surface area (Å²) < 4.78 is 26.5. The summed E-state index contributed by atoms with van der Waals surface area (Å²) in [7, 11) is -3.52. The number of rotatable bonds is 5. The second kappa shape index (κ2) is 5.50. The van der Waals surface area contributed by atoms with E-state index in [2.05, 4.69) is 33.8 Å². The summed E-state index contributed by atoms with van der Waals surface area (Å²) in [6.07, 6.45) is 1.33. The maximum Gasteiger partial charge on any atom is 0.240 e. The molecule has 0 fully saturated rings. The third-order valence-electron chi connectivity index (χ3n) is 2.75. The molecule has 0 amide bonds. The van der Waals surface area contributed by atoms with E-state index in [0.29, 0.717) is 11.7 Å². The number of nitrogens with zero attached hydrogens (tertiary/aromatic N) is 2. The summed E-state index contributed by atoms with van der Waals surface area (Å²) in [5, 5.41) is 6.25. The van der Waals surface area contributed by atoms with Gasteiger partial charge in [-0.2, -0.15) is 5.10 Å². The molecule has 0 aliphatic carbocycles. The Balaban J connectivity index is 2.10. The highest BCUT2D eigenvalue weighted by atomic mass is 32.2. The largest absolute Gasteiger partial charge is 0.262 e. The van der Waals surface area contributed by atoms with E-state index in [1.54, 1.807) is 12.1 Å².